The maximum absolute atomic E-state index is 12.7. The zero-order valence-corrected chi connectivity index (χ0v) is 19.2. The number of aromatic nitrogens is 2. The molecule has 2 heterocycles. The van der Waals surface area contributed by atoms with E-state index >= 15 is 0 Å². The minimum absolute atomic E-state index is 0.119. The molecule has 2 bridgehead atoms. The molecule has 2 saturated carbocycles. The predicted molar refractivity (Wildman–Crippen MR) is 124 cm³/mol. The lowest BCUT2D eigenvalue weighted by molar-refractivity contribution is -0.119. The molecule has 5 nitrogen and oxygen atoms in total. The topological polar surface area (TPSA) is 56.2 Å². The van der Waals surface area contributed by atoms with Crippen molar-refractivity contribution in [3.05, 3.63) is 36.5 Å². The van der Waals surface area contributed by atoms with Crippen LogP contribution in [0, 0.1) is 17.8 Å². The smallest absolute Gasteiger partial charge is 0.230 e. The number of imidazole rings is 1. The summed E-state index contributed by atoms with van der Waals surface area (Å²) in [6, 6.07) is 10.6. The molecular formula is C25H33N3O2S. The van der Waals surface area contributed by atoms with Crippen LogP contribution < -0.4 is 5.32 Å². The third-order valence-corrected chi connectivity index (χ3v) is 8.45. The van der Waals surface area contributed by atoms with Gasteiger partial charge in [-0.3, -0.25) is 4.79 Å². The van der Waals surface area contributed by atoms with Gasteiger partial charge in [0.05, 0.1) is 30.3 Å². The Morgan fingerprint density at radius 3 is 2.84 bits per heavy atom. The molecule has 1 aliphatic heterocycles. The number of benzene rings is 1. The molecule has 0 spiro atoms. The zero-order chi connectivity index (χ0) is 21.2. The van der Waals surface area contributed by atoms with Crippen molar-refractivity contribution in [1.82, 2.24) is 14.9 Å². The van der Waals surface area contributed by atoms with Crippen molar-refractivity contribution in [2.75, 3.05) is 12.4 Å². The van der Waals surface area contributed by atoms with Crippen molar-refractivity contribution in [2.24, 2.45) is 17.8 Å². The second-order valence-electron chi connectivity index (χ2n) is 9.52. The van der Waals surface area contributed by atoms with Gasteiger partial charge >= 0.3 is 0 Å². The summed E-state index contributed by atoms with van der Waals surface area (Å²) < 4.78 is 8.13. The fraction of sp³-hybridized carbons (Fsp3) is 0.600. The molecule has 3 aliphatic rings. The molecule has 3 fully saturated rings. The Labute approximate surface area is 189 Å². The number of carbonyl (C=O) groups is 1. The lowest BCUT2D eigenvalue weighted by Gasteiger charge is -2.28. The number of hydrogen-bond acceptors (Lipinski definition) is 4. The van der Waals surface area contributed by atoms with Gasteiger partial charge in [-0.15, -0.1) is 0 Å². The maximum Gasteiger partial charge on any atom is 0.230 e. The normalized spacial score (nSPS) is 28.2. The summed E-state index contributed by atoms with van der Waals surface area (Å²) in [4.78, 5) is 17.4. The second kappa shape index (κ2) is 9.37. The standard InChI is InChI=1S/C25H33N3O2S/c1-17(22-13-18-9-10-20(22)12-18)27-24(29)16-31-25-26-14-23(19-6-3-2-4-7-19)28(25)15-21-8-5-11-30-21/h2-4,6-7,14,17-18,20-22H,5,8-13,15-16H2,1H3,(H,27,29). The van der Waals surface area contributed by atoms with E-state index in [9.17, 15) is 4.79 Å². The number of thioether (sulfide) groups is 1. The van der Waals surface area contributed by atoms with Crippen LogP contribution >= 0.6 is 11.8 Å². The number of ether oxygens (including phenoxy) is 1. The Morgan fingerprint density at radius 2 is 2.13 bits per heavy atom. The lowest BCUT2D eigenvalue weighted by Crippen LogP contribution is -2.41. The lowest BCUT2D eigenvalue weighted by atomic mass is 9.84. The van der Waals surface area contributed by atoms with Gasteiger partial charge in [-0.05, 0) is 62.3 Å². The number of nitrogens with zero attached hydrogens (tertiary/aromatic N) is 2. The number of hydrogen-bond donors (Lipinski definition) is 1. The fourth-order valence-electron chi connectivity index (χ4n) is 5.92. The van der Waals surface area contributed by atoms with Crippen molar-refractivity contribution in [1.29, 1.82) is 0 Å². The first-order valence-corrected chi connectivity index (χ1v) is 12.8. The van der Waals surface area contributed by atoms with Gasteiger partial charge in [0.2, 0.25) is 5.91 Å². The number of rotatable bonds is 8. The average Bonchev–Trinajstić information content (AvgIpc) is 3.58. The molecule has 1 aromatic carbocycles. The molecule has 2 aliphatic carbocycles. The molecule has 166 valence electrons. The Bertz CT molecular complexity index is 893. The van der Waals surface area contributed by atoms with E-state index in [1.54, 1.807) is 0 Å². The summed E-state index contributed by atoms with van der Waals surface area (Å²) in [5.41, 5.74) is 2.24. The van der Waals surface area contributed by atoms with Crippen LogP contribution in [0.5, 0.6) is 0 Å². The van der Waals surface area contributed by atoms with Crippen LogP contribution in [0.3, 0.4) is 0 Å². The zero-order valence-electron chi connectivity index (χ0n) is 18.3. The Morgan fingerprint density at radius 1 is 1.26 bits per heavy atom. The molecule has 31 heavy (non-hydrogen) atoms. The summed E-state index contributed by atoms with van der Waals surface area (Å²) in [7, 11) is 0. The average molecular weight is 440 g/mol. The number of amides is 1. The van der Waals surface area contributed by atoms with Gasteiger partial charge in [0.25, 0.3) is 0 Å². The molecule has 6 heteroatoms. The van der Waals surface area contributed by atoms with Crippen LogP contribution in [0.2, 0.25) is 0 Å². The third-order valence-electron chi connectivity index (χ3n) is 7.45. The molecule has 0 radical (unpaired) electrons. The van der Waals surface area contributed by atoms with E-state index in [0.29, 0.717) is 11.7 Å². The second-order valence-corrected chi connectivity index (χ2v) is 10.5. The third kappa shape index (κ3) is 4.70. The summed E-state index contributed by atoms with van der Waals surface area (Å²) >= 11 is 1.54. The van der Waals surface area contributed by atoms with Crippen molar-refractivity contribution in [2.45, 2.75) is 69.3 Å². The Balaban J connectivity index is 1.24. The van der Waals surface area contributed by atoms with Crippen LogP contribution in [0.15, 0.2) is 41.7 Å². The van der Waals surface area contributed by atoms with Gasteiger partial charge < -0.3 is 14.6 Å². The summed E-state index contributed by atoms with van der Waals surface area (Å²) in [5.74, 6) is 2.92. The van der Waals surface area contributed by atoms with E-state index < -0.39 is 0 Å². The van der Waals surface area contributed by atoms with Gasteiger partial charge in [0.15, 0.2) is 5.16 Å². The number of carbonyl (C=O) groups excluding carboxylic acids is 1. The van der Waals surface area contributed by atoms with Gasteiger partial charge in [0, 0.05) is 12.6 Å². The minimum Gasteiger partial charge on any atom is -0.376 e. The van der Waals surface area contributed by atoms with Crippen molar-refractivity contribution in [3.63, 3.8) is 0 Å². The van der Waals surface area contributed by atoms with E-state index in [1.807, 2.05) is 12.3 Å². The number of fused-ring (bicyclic) bond motifs is 2. The van der Waals surface area contributed by atoms with Gasteiger partial charge in [0.1, 0.15) is 0 Å². The van der Waals surface area contributed by atoms with Crippen molar-refractivity contribution < 1.29 is 9.53 Å². The highest BCUT2D eigenvalue weighted by atomic mass is 32.2. The Hall–Kier alpha value is -1.79. The van der Waals surface area contributed by atoms with E-state index in [1.165, 1.54) is 37.4 Å². The molecule has 1 N–H and O–H groups in total. The highest BCUT2D eigenvalue weighted by Crippen LogP contribution is 2.49. The van der Waals surface area contributed by atoms with E-state index in [-0.39, 0.29) is 18.1 Å². The Kier molecular flexibility index (Phi) is 6.37. The molecule has 1 saturated heterocycles. The summed E-state index contributed by atoms with van der Waals surface area (Å²) in [6.45, 7) is 3.82. The van der Waals surface area contributed by atoms with Crippen LogP contribution in [0.4, 0.5) is 0 Å². The first-order valence-electron chi connectivity index (χ1n) is 11.8. The fourth-order valence-corrected chi connectivity index (χ4v) is 6.72. The van der Waals surface area contributed by atoms with Crippen LogP contribution in [-0.4, -0.2) is 40.0 Å². The predicted octanol–water partition coefficient (Wildman–Crippen LogP) is 4.76. The highest BCUT2D eigenvalue weighted by Gasteiger charge is 2.42. The SMILES string of the molecule is CC(NC(=O)CSc1ncc(-c2ccccc2)n1CC1CCCO1)C1CC2CCC1C2. The molecule has 5 rings (SSSR count). The van der Waals surface area contributed by atoms with E-state index in [0.717, 1.165) is 54.2 Å². The van der Waals surface area contributed by atoms with Gasteiger partial charge in [-0.2, -0.15) is 0 Å². The number of nitrogens with one attached hydrogen (secondary N) is 1. The molecule has 2 aromatic rings. The molecule has 5 atom stereocenters. The highest BCUT2D eigenvalue weighted by molar-refractivity contribution is 7.99. The minimum atomic E-state index is 0.119. The monoisotopic (exact) mass is 439 g/mol. The van der Waals surface area contributed by atoms with Gasteiger partial charge in [-0.25, -0.2) is 4.98 Å². The van der Waals surface area contributed by atoms with Crippen LogP contribution in [0.25, 0.3) is 11.3 Å². The molecule has 1 aromatic heterocycles. The van der Waals surface area contributed by atoms with Crippen LogP contribution in [-0.2, 0) is 16.1 Å². The summed E-state index contributed by atoms with van der Waals surface area (Å²) in [6.07, 6.45) is 9.78. The van der Waals surface area contributed by atoms with Crippen LogP contribution in [0.1, 0.15) is 45.4 Å². The quantitative estimate of drug-likeness (QED) is 0.603. The molecule has 5 unspecified atom stereocenters. The first kappa shape index (κ1) is 21.1. The summed E-state index contributed by atoms with van der Waals surface area (Å²) in [5, 5.41) is 4.19. The molecule has 1 amide bonds. The first-order chi connectivity index (χ1) is 15.2. The van der Waals surface area contributed by atoms with Gasteiger partial charge in [-0.1, -0.05) is 48.5 Å². The van der Waals surface area contributed by atoms with E-state index in [2.05, 4.69) is 46.1 Å². The van der Waals surface area contributed by atoms with Crippen molar-refractivity contribution >= 4 is 17.7 Å². The van der Waals surface area contributed by atoms with Crippen molar-refractivity contribution in [3.8, 4) is 11.3 Å². The largest absolute Gasteiger partial charge is 0.376 e. The molecular weight excluding hydrogens is 406 g/mol. The van der Waals surface area contributed by atoms with E-state index in [4.69, 9.17) is 4.74 Å². The maximum atomic E-state index is 12.7.